The summed E-state index contributed by atoms with van der Waals surface area (Å²) in [5.41, 5.74) is 0. The van der Waals surface area contributed by atoms with Gasteiger partial charge in [-0.1, -0.05) is 5.92 Å². The average molecular weight is 199 g/mol. The van der Waals surface area contributed by atoms with Gasteiger partial charge in [-0.15, -0.1) is 6.42 Å². The van der Waals surface area contributed by atoms with Crippen molar-refractivity contribution in [3.63, 3.8) is 0 Å². The number of rotatable bonds is 6. The first kappa shape index (κ1) is 12.9. The number of hydrogen-bond donors (Lipinski definition) is 2. The highest BCUT2D eigenvalue weighted by atomic mass is 16.5. The third-order valence-corrected chi connectivity index (χ3v) is 1.62. The predicted molar refractivity (Wildman–Crippen MR) is 53.6 cm³/mol. The Kier molecular flexibility index (Phi) is 6.81. The van der Waals surface area contributed by atoms with Crippen molar-refractivity contribution in [2.24, 2.45) is 0 Å². The molecule has 0 rings (SSSR count). The highest BCUT2D eigenvalue weighted by molar-refractivity contribution is 5.69. The molecule has 0 saturated carbocycles. The van der Waals surface area contributed by atoms with Crippen LogP contribution in [0.3, 0.4) is 0 Å². The minimum atomic E-state index is -0.746. The molecule has 4 heteroatoms. The Morgan fingerprint density at radius 1 is 1.71 bits per heavy atom. The number of carbonyl (C=O) groups is 1. The maximum absolute atomic E-state index is 10.9. The molecular weight excluding hydrogens is 182 g/mol. The molecule has 0 aliphatic carbocycles. The van der Waals surface area contributed by atoms with Gasteiger partial charge < -0.3 is 15.2 Å². The Hall–Kier alpha value is -1.05. The standard InChI is InChI=1S/C10H17NO3/c1-4-8(3)11-7-9(12)6-10(13)14-5-2/h1,8-9,11-12H,5-7H2,2-3H3. The fourth-order valence-electron chi connectivity index (χ4n) is 0.856. The normalized spacial score (nSPS) is 14.1. The van der Waals surface area contributed by atoms with Crippen LogP contribution >= 0.6 is 0 Å². The van der Waals surface area contributed by atoms with E-state index in [2.05, 4.69) is 16.0 Å². The summed E-state index contributed by atoms with van der Waals surface area (Å²) in [6.07, 6.45) is 4.37. The molecular formula is C10H17NO3. The van der Waals surface area contributed by atoms with Gasteiger partial charge in [0.25, 0.3) is 0 Å². The SMILES string of the molecule is C#CC(C)NCC(O)CC(=O)OCC. The summed E-state index contributed by atoms with van der Waals surface area (Å²) in [6.45, 7) is 4.16. The van der Waals surface area contributed by atoms with Crippen LogP contribution in [0.2, 0.25) is 0 Å². The molecule has 0 amide bonds. The molecule has 4 nitrogen and oxygen atoms in total. The smallest absolute Gasteiger partial charge is 0.308 e. The van der Waals surface area contributed by atoms with Crippen LogP contribution in [-0.4, -0.2) is 36.4 Å². The lowest BCUT2D eigenvalue weighted by atomic mass is 10.2. The summed E-state index contributed by atoms with van der Waals surface area (Å²) >= 11 is 0. The van der Waals surface area contributed by atoms with E-state index in [-0.39, 0.29) is 12.5 Å². The van der Waals surface area contributed by atoms with Crippen LogP contribution in [0.4, 0.5) is 0 Å². The van der Waals surface area contributed by atoms with Gasteiger partial charge in [0.2, 0.25) is 0 Å². The molecule has 0 aliphatic heterocycles. The zero-order chi connectivity index (χ0) is 11.0. The first-order chi connectivity index (χ1) is 6.60. The summed E-state index contributed by atoms with van der Waals surface area (Å²) in [5, 5.41) is 12.2. The van der Waals surface area contributed by atoms with Gasteiger partial charge in [-0.3, -0.25) is 4.79 Å². The van der Waals surface area contributed by atoms with Gasteiger partial charge >= 0.3 is 5.97 Å². The zero-order valence-corrected chi connectivity index (χ0v) is 8.62. The second kappa shape index (κ2) is 7.36. The Morgan fingerprint density at radius 3 is 2.86 bits per heavy atom. The molecule has 0 spiro atoms. The molecule has 14 heavy (non-hydrogen) atoms. The van der Waals surface area contributed by atoms with Gasteiger partial charge in [0.05, 0.1) is 25.2 Å². The van der Waals surface area contributed by atoms with Crippen molar-refractivity contribution in [2.75, 3.05) is 13.2 Å². The second-order valence-corrected chi connectivity index (χ2v) is 2.96. The highest BCUT2D eigenvalue weighted by Gasteiger charge is 2.11. The van der Waals surface area contributed by atoms with Crippen molar-refractivity contribution >= 4 is 5.97 Å². The lowest BCUT2D eigenvalue weighted by Crippen LogP contribution is -2.34. The van der Waals surface area contributed by atoms with Gasteiger partial charge in [0, 0.05) is 6.54 Å². The van der Waals surface area contributed by atoms with Crippen LogP contribution in [0.25, 0.3) is 0 Å². The highest BCUT2D eigenvalue weighted by Crippen LogP contribution is 1.94. The van der Waals surface area contributed by atoms with Crippen molar-refractivity contribution < 1.29 is 14.6 Å². The maximum atomic E-state index is 10.9. The fourth-order valence-corrected chi connectivity index (χ4v) is 0.856. The lowest BCUT2D eigenvalue weighted by molar-refractivity contribution is -0.145. The zero-order valence-electron chi connectivity index (χ0n) is 8.62. The molecule has 0 saturated heterocycles. The van der Waals surface area contributed by atoms with Crippen molar-refractivity contribution in [2.45, 2.75) is 32.4 Å². The molecule has 2 unspecified atom stereocenters. The fraction of sp³-hybridized carbons (Fsp3) is 0.700. The summed E-state index contributed by atoms with van der Waals surface area (Å²) in [4.78, 5) is 10.9. The Bertz CT molecular complexity index is 210. The summed E-state index contributed by atoms with van der Waals surface area (Å²) in [6, 6.07) is -0.105. The number of terminal acetylenes is 1. The summed E-state index contributed by atoms with van der Waals surface area (Å²) in [7, 11) is 0. The van der Waals surface area contributed by atoms with Crippen LogP contribution in [0.15, 0.2) is 0 Å². The van der Waals surface area contributed by atoms with Crippen molar-refractivity contribution in [3.05, 3.63) is 0 Å². The van der Waals surface area contributed by atoms with E-state index in [1.807, 2.05) is 0 Å². The first-order valence-corrected chi connectivity index (χ1v) is 4.63. The third kappa shape index (κ3) is 6.46. The van der Waals surface area contributed by atoms with Gasteiger partial charge in [0.15, 0.2) is 0 Å². The van der Waals surface area contributed by atoms with Crippen LogP contribution in [0, 0.1) is 12.3 Å². The Labute approximate surface area is 84.6 Å². The van der Waals surface area contributed by atoms with Gasteiger partial charge in [0.1, 0.15) is 0 Å². The third-order valence-electron chi connectivity index (χ3n) is 1.62. The van der Waals surface area contributed by atoms with Gasteiger partial charge in [-0.2, -0.15) is 0 Å². The topological polar surface area (TPSA) is 58.6 Å². The molecule has 0 fully saturated rings. The first-order valence-electron chi connectivity index (χ1n) is 4.63. The van der Waals surface area contributed by atoms with Crippen molar-refractivity contribution in [3.8, 4) is 12.3 Å². The van der Waals surface area contributed by atoms with Crippen LogP contribution in [0.1, 0.15) is 20.3 Å². The summed E-state index contributed by atoms with van der Waals surface area (Å²) in [5.74, 6) is 2.07. The van der Waals surface area contributed by atoms with Crippen molar-refractivity contribution in [1.29, 1.82) is 0 Å². The predicted octanol–water partition coefficient (Wildman–Crippen LogP) is -0.0882. The molecule has 0 radical (unpaired) electrons. The minimum Gasteiger partial charge on any atom is -0.466 e. The number of ether oxygens (including phenoxy) is 1. The summed E-state index contributed by atoms with van der Waals surface area (Å²) < 4.78 is 4.68. The molecule has 0 bridgehead atoms. The average Bonchev–Trinajstić information content (AvgIpc) is 2.14. The number of esters is 1. The molecule has 2 atom stereocenters. The van der Waals surface area contributed by atoms with E-state index in [4.69, 9.17) is 6.42 Å². The van der Waals surface area contributed by atoms with E-state index in [9.17, 15) is 9.90 Å². The van der Waals surface area contributed by atoms with E-state index in [1.54, 1.807) is 13.8 Å². The van der Waals surface area contributed by atoms with Crippen LogP contribution in [0.5, 0.6) is 0 Å². The van der Waals surface area contributed by atoms with E-state index in [1.165, 1.54) is 0 Å². The van der Waals surface area contributed by atoms with E-state index in [0.29, 0.717) is 13.2 Å². The van der Waals surface area contributed by atoms with E-state index < -0.39 is 12.1 Å². The lowest BCUT2D eigenvalue weighted by Gasteiger charge is -2.12. The number of carbonyl (C=O) groups excluding carboxylic acids is 1. The number of nitrogens with one attached hydrogen (secondary N) is 1. The maximum Gasteiger partial charge on any atom is 0.308 e. The van der Waals surface area contributed by atoms with Gasteiger partial charge in [-0.25, -0.2) is 0 Å². The Balaban J connectivity index is 3.60. The number of hydrogen-bond acceptors (Lipinski definition) is 4. The van der Waals surface area contributed by atoms with Crippen LogP contribution < -0.4 is 5.32 Å². The van der Waals surface area contributed by atoms with E-state index >= 15 is 0 Å². The van der Waals surface area contributed by atoms with Crippen LogP contribution in [-0.2, 0) is 9.53 Å². The second-order valence-electron chi connectivity index (χ2n) is 2.96. The largest absolute Gasteiger partial charge is 0.466 e. The Morgan fingerprint density at radius 2 is 2.36 bits per heavy atom. The number of aliphatic hydroxyl groups is 1. The molecule has 0 aromatic carbocycles. The monoisotopic (exact) mass is 199 g/mol. The molecule has 0 aromatic rings. The molecule has 0 aromatic heterocycles. The van der Waals surface area contributed by atoms with E-state index in [0.717, 1.165) is 0 Å². The molecule has 0 heterocycles. The quantitative estimate of drug-likeness (QED) is 0.464. The molecule has 0 aliphatic rings. The molecule has 2 N–H and O–H groups in total. The minimum absolute atomic E-state index is 0.00185. The van der Waals surface area contributed by atoms with Crippen molar-refractivity contribution in [1.82, 2.24) is 5.32 Å². The van der Waals surface area contributed by atoms with Gasteiger partial charge in [-0.05, 0) is 13.8 Å². The molecule has 80 valence electrons. The number of aliphatic hydroxyl groups excluding tert-OH is 1.